The van der Waals surface area contributed by atoms with Crippen LogP contribution in [0.2, 0.25) is 0 Å². The SMILES string of the molecule is CO/N=C1\CN(C(C)C)CC1CN. The average Bonchev–Trinajstić information content (AvgIpc) is 2.48. The number of oxime groups is 1. The van der Waals surface area contributed by atoms with Gasteiger partial charge in [0.2, 0.25) is 0 Å². The maximum absolute atomic E-state index is 5.65. The van der Waals surface area contributed by atoms with Crippen LogP contribution in [0.3, 0.4) is 0 Å². The third kappa shape index (κ3) is 2.42. The Morgan fingerprint density at radius 1 is 1.69 bits per heavy atom. The lowest BCUT2D eigenvalue weighted by atomic mass is 10.1. The summed E-state index contributed by atoms with van der Waals surface area (Å²) in [6.07, 6.45) is 0. The minimum atomic E-state index is 0.377. The van der Waals surface area contributed by atoms with Crippen molar-refractivity contribution in [1.29, 1.82) is 0 Å². The molecule has 1 aliphatic heterocycles. The lowest BCUT2D eigenvalue weighted by Gasteiger charge is -2.18. The molecule has 0 aromatic carbocycles. The van der Waals surface area contributed by atoms with Gasteiger partial charge in [0.1, 0.15) is 7.11 Å². The molecule has 0 saturated carbocycles. The van der Waals surface area contributed by atoms with Crippen LogP contribution in [0, 0.1) is 5.92 Å². The van der Waals surface area contributed by atoms with Crippen molar-refractivity contribution in [2.45, 2.75) is 19.9 Å². The molecule has 1 rings (SSSR count). The van der Waals surface area contributed by atoms with Gasteiger partial charge in [-0.3, -0.25) is 4.90 Å². The van der Waals surface area contributed by atoms with Gasteiger partial charge in [-0.1, -0.05) is 5.16 Å². The predicted molar refractivity (Wildman–Crippen MR) is 53.7 cm³/mol. The standard InChI is InChI=1S/C9H19N3O/c1-7(2)12-5-8(4-10)9(6-12)11-13-3/h7-8H,4-6,10H2,1-3H3/b11-9+. The lowest BCUT2D eigenvalue weighted by molar-refractivity contribution is 0.211. The second-order valence-corrected chi connectivity index (χ2v) is 3.72. The fraction of sp³-hybridized carbons (Fsp3) is 0.889. The molecule has 76 valence electrons. The largest absolute Gasteiger partial charge is 0.399 e. The van der Waals surface area contributed by atoms with E-state index in [2.05, 4.69) is 23.9 Å². The first kappa shape index (κ1) is 10.5. The molecular formula is C9H19N3O. The molecule has 4 nitrogen and oxygen atoms in total. The quantitative estimate of drug-likeness (QED) is 0.643. The van der Waals surface area contributed by atoms with E-state index in [-0.39, 0.29) is 0 Å². The molecule has 1 unspecified atom stereocenters. The summed E-state index contributed by atoms with van der Waals surface area (Å²) in [4.78, 5) is 7.15. The fourth-order valence-electron chi connectivity index (χ4n) is 1.61. The Bertz CT molecular complexity index is 191. The van der Waals surface area contributed by atoms with Crippen molar-refractivity contribution in [1.82, 2.24) is 4.90 Å². The van der Waals surface area contributed by atoms with E-state index >= 15 is 0 Å². The fourth-order valence-corrected chi connectivity index (χ4v) is 1.61. The lowest BCUT2D eigenvalue weighted by Crippen LogP contribution is -2.29. The molecule has 1 aliphatic rings. The van der Waals surface area contributed by atoms with Gasteiger partial charge in [0.15, 0.2) is 0 Å². The van der Waals surface area contributed by atoms with Crippen molar-refractivity contribution in [2.24, 2.45) is 16.8 Å². The topological polar surface area (TPSA) is 50.8 Å². The summed E-state index contributed by atoms with van der Waals surface area (Å²) in [5.74, 6) is 0.377. The summed E-state index contributed by atoms with van der Waals surface area (Å²) >= 11 is 0. The normalized spacial score (nSPS) is 27.5. The second-order valence-electron chi connectivity index (χ2n) is 3.72. The number of likely N-dealkylation sites (tertiary alicyclic amines) is 1. The van der Waals surface area contributed by atoms with Crippen LogP contribution < -0.4 is 5.73 Å². The number of hydrogen-bond acceptors (Lipinski definition) is 4. The van der Waals surface area contributed by atoms with Crippen LogP contribution in [0.15, 0.2) is 5.16 Å². The Balaban J connectivity index is 2.61. The maximum Gasteiger partial charge on any atom is 0.106 e. The minimum absolute atomic E-state index is 0.377. The number of nitrogens with two attached hydrogens (primary N) is 1. The van der Waals surface area contributed by atoms with Gasteiger partial charge in [0.05, 0.1) is 5.71 Å². The maximum atomic E-state index is 5.65. The van der Waals surface area contributed by atoms with E-state index in [4.69, 9.17) is 10.6 Å². The van der Waals surface area contributed by atoms with Crippen molar-refractivity contribution in [2.75, 3.05) is 26.7 Å². The number of nitrogens with zero attached hydrogens (tertiary/aromatic N) is 2. The van der Waals surface area contributed by atoms with E-state index < -0.39 is 0 Å². The van der Waals surface area contributed by atoms with Crippen LogP contribution >= 0.6 is 0 Å². The minimum Gasteiger partial charge on any atom is -0.399 e. The highest BCUT2D eigenvalue weighted by Crippen LogP contribution is 2.15. The zero-order valence-corrected chi connectivity index (χ0v) is 8.66. The average molecular weight is 185 g/mol. The molecule has 0 radical (unpaired) electrons. The van der Waals surface area contributed by atoms with Gasteiger partial charge < -0.3 is 10.6 Å². The summed E-state index contributed by atoms with van der Waals surface area (Å²) in [6, 6.07) is 0.554. The first-order valence-electron chi connectivity index (χ1n) is 4.73. The molecule has 0 aromatic heterocycles. The highest BCUT2D eigenvalue weighted by molar-refractivity contribution is 5.90. The second kappa shape index (κ2) is 4.58. The Hall–Kier alpha value is -0.610. The summed E-state index contributed by atoms with van der Waals surface area (Å²) in [5.41, 5.74) is 6.74. The predicted octanol–water partition coefficient (Wildman–Crippen LogP) is 0.288. The molecule has 1 heterocycles. The van der Waals surface area contributed by atoms with Crippen molar-refractivity contribution in [3.05, 3.63) is 0 Å². The molecule has 4 heteroatoms. The Morgan fingerprint density at radius 3 is 2.85 bits per heavy atom. The van der Waals surface area contributed by atoms with Gasteiger partial charge in [0.25, 0.3) is 0 Å². The van der Waals surface area contributed by atoms with Crippen molar-refractivity contribution < 1.29 is 4.84 Å². The van der Waals surface area contributed by atoms with Crippen LogP contribution in [0.4, 0.5) is 0 Å². The van der Waals surface area contributed by atoms with E-state index in [1.54, 1.807) is 7.11 Å². The van der Waals surface area contributed by atoms with E-state index in [0.717, 1.165) is 18.8 Å². The first-order valence-corrected chi connectivity index (χ1v) is 4.73. The molecule has 0 amide bonds. The molecule has 0 aliphatic carbocycles. The number of hydrogen-bond donors (Lipinski definition) is 1. The Kier molecular flexibility index (Phi) is 3.69. The molecule has 0 spiro atoms. The Labute approximate surface area is 79.7 Å². The molecular weight excluding hydrogens is 166 g/mol. The van der Waals surface area contributed by atoms with Gasteiger partial charge in [0, 0.05) is 31.6 Å². The van der Waals surface area contributed by atoms with Gasteiger partial charge in [-0.15, -0.1) is 0 Å². The summed E-state index contributed by atoms with van der Waals surface area (Å²) in [7, 11) is 1.58. The molecule has 0 bridgehead atoms. The molecule has 1 saturated heterocycles. The van der Waals surface area contributed by atoms with Crippen LogP contribution in [0.1, 0.15) is 13.8 Å². The smallest absolute Gasteiger partial charge is 0.106 e. The summed E-state index contributed by atoms with van der Waals surface area (Å²) in [5, 5.41) is 4.00. The van der Waals surface area contributed by atoms with Crippen molar-refractivity contribution in [3.8, 4) is 0 Å². The van der Waals surface area contributed by atoms with E-state index in [0.29, 0.717) is 18.5 Å². The van der Waals surface area contributed by atoms with Crippen molar-refractivity contribution in [3.63, 3.8) is 0 Å². The van der Waals surface area contributed by atoms with Gasteiger partial charge in [-0.2, -0.15) is 0 Å². The zero-order valence-electron chi connectivity index (χ0n) is 8.66. The number of rotatable bonds is 3. The molecule has 1 atom stereocenters. The third-order valence-electron chi connectivity index (χ3n) is 2.51. The van der Waals surface area contributed by atoms with Crippen LogP contribution in [0.25, 0.3) is 0 Å². The van der Waals surface area contributed by atoms with Gasteiger partial charge in [-0.05, 0) is 13.8 Å². The monoisotopic (exact) mass is 185 g/mol. The molecule has 0 aromatic rings. The summed E-state index contributed by atoms with van der Waals surface area (Å²) in [6.45, 7) is 6.93. The molecule has 13 heavy (non-hydrogen) atoms. The molecule has 2 N–H and O–H groups in total. The molecule has 1 fully saturated rings. The van der Waals surface area contributed by atoms with Gasteiger partial charge >= 0.3 is 0 Å². The van der Waals surface area contributed by atoms with E-state index in [1.807, 2.05) is 0 Å². The van der Waals surface area contributed by atoms with Crippen molar-refractivity contribution >= 4 is 5.71 Å². The van der Waals surface area contributed by atoms with E-state index in [9.17, 15) is 0 Å². The van der Waals surface area contributed by atoms with Crippen LogP contribution in [-0.4, -0.2) is 43.4 Å². The van der Waals surface area contributed by atoms with Gasteiger partial charge in [-0.25, -0.2) is 0 Å². The first-order chi connectivity index (χ1) is 6.19. The highest BCUT2D eigenvalue weighted by atomic mass is 16.6. The highest BCUT2D eigenvalue weighted by Gasteiger charge is 2.29. The summed E-state index contributed by atoms with van der Waals surface area (Å²) < 4.78 is 0. The third-order valence-corrected chi connectivity index (χ3v) is 2.51. The van der Waals surface area contributed by atoms with E-state index in [1.165, 1.54) is 0 Å². The van der Waals surface area contributed by atoms with Crippen LogP contribution in [0.5, 0.6) is 0 Å². The van der Waals surface area contributed by atoms with Crippen LogP contribution in [-0.2, 0) is 4.84 Å². The Morgan fingerprint density at radius 2 is 2.38 bits per heavy atom. The zero-order chi connectivity index (χ0) is 9.84.